The maximum Gasteiger partial charge on any atom is 0.262 e. The molecular weight excluding hydrogens is 458 g/mol. The zero-order chi connectivity index (χ0) is 25.1. The van der Waals surface area contributed by atoms with Crippen molar-refractivity contribution in [3.05, 3.63) is 83.4 Å². The molecule has 1 saturated heterocycles. The van der Waals surface area contributed by atoms with Gasteiger partial charge >= 0.3 is 0 Å². The number of hydrogen-bond acceptors (Lipinski definition) is 6. The van der Waals surface area contributed by atoms with Crippen molar-refractivity contribution in [2.75, 3.05) is 50.2 Å². The lowest BCUT2D eigenvalue weighted by molar-refractivity contribution is -0.137. The third-order valence-corrected chi connectivity index (χ3v) is 6.42. The fourth-order valence-corrected chi connectivity index (χ4v) is 4.55. The number of hydrogen-bond donors (Lipinski definition) is 1. The van der Waals surface area contributed by atoms with E-state index in [1.165, 1.54) is 0 Å². The first-order chi connectivity index (χ1) is 17.5. The number of aryl methyl sites for hydroxylation is 1. The first kappa shape index (κ1) is 23.7. The third kappa shape index (κ3) is 4.72. The molecule has 0 aliphatic carbocycles. The van der Waals surface area contributed by atoms with Crippen molar-refractivity contribution < 1.29 is 23.8 Å². The maximum absolute atomic E-state index is 13.6. The molecule has 0 unspecified atom stereocenters. The molecule has 2 aliphatic rings. The molecule has 0 aromatic heterocycles. The molecule has 8 nitrogen and oxygen atoms in total. The number of benzene rings is 3. The van der Waals surface area contributed by atoms with Crippen LogP contribution in [0.4, 0.5) is 11.4 Å². The summed E-state index contributed by atoms with van der Waals surface area (Å²) in [6.45, 7) is 4.13. The number of para-hydroxylation sites is 1. The van der Waals surface area contributed by atoms with Crippen LogP contribution in [-0.4, -0.2) is 56.7 Å². The van der Waals surface area contributed by atoms with E-state index in [4.69, 9.17) is 14.2 Å². The molecular formula is C28H29N3O5. The van der Waals surface area contributed by atoms with Crippen LogP contribution in [0, 0.1) is 6.92 Å². The molecule has 3 aromatic carbocycles. The fourth-order valence-electron chi connectivity index (χ4n) is 4.55. The Morgan fingerprint density at radius 1 is 1.03 bits per heavy atom. The summed E-state index contributed by atoms with van der Waals surface area (Å²) in [5, 5.41) is 3.51. The van der Waals surface area contributed by atoms with Gasteiger partial charge in [0.05, 0.1) is 25.9 Å². The number of rotatable bonds is 6. The molecule has 2 heterocycles. The second-order valence-corrected chi connectivity index (χ2v) is 8.80. The van der Waals surface area contributed by atoms with Crippen LogP contribution in [0.25, 0.3) is 0 Å². The van der Waals surface area contributed by atoms with Gasteiger partial charge in [-0.1, -0.05) is 30.3 Å². The molecule has 186 valence electrons. The van der Waals surface area contributed by atoms with E-state index in [0.29, 0.717) is 43.4 Å². The van der Waals surface area contributed by atoms with Crippen LogP contribution in [0.3, 0.4) is 0 Å². The summed E-state index contributed by atoms with van der Waals surface area (Å²) >= 11 is 0. The lowest BCUT2D eigenvalue weighted by Gasteiger charge is -2.38. The Morgan fingerprint density at radius 3 is 2.61 bits per heavy atom. The highest BCUT2D eigenvalue weighted by atomic mass is 16.5. The zero-order valence-electron chi connectivity index (χ0n) is 20.4. The van der Waals surface area contributed by atoms with Crippen molar-refractivity contribution in [2.45, 2.75) is 13.1 Å². The Kier molecular flexibility index (Phi) is 6.77. The van der Waals surface area contributed by atoms with Gasteiger partial charge in [-0.2, -0.15) is 0 Å². The molecule has 3 aromatic rings. The number of fused-ring (bicyclic) bond motifs is 1. The minimum absolute atomic E-state index is 0.0847. The summed E-state index contributed by atoms with van der Waals surface area (Å²) < 4.78 is 16.7. The summed E-state index contributed by atoms with van der Waals surface area (Å²) in [7, 11) is 1.56. The number of carbonyl (C=O) groups excluding carboxylic acids is 2. The van der Waals surface area contributed by atoms with Crippen LogP contribution in [0.2, 0.25) is 0 Å². The minimum atomic E-state index is -0.466. The first-order valence-electron chi connectivity index (χ1n) is 12.0. The van der Waals surface area contributed by atoms with Gasteiger partial charge in [0.1, 0.15) is 6.17 Å². The van der Waals surface area contributed by atoms with Crippen molar-refractivity contribution >= 4 is 23.2 Å². The first-order valence-corrected chi connectivity index (χ1v) is 12.0. The van der Waals surface area contributed by atoms with E-state index in [2.05, 4.69) is 5.32 Å². The van der Waals surface area contributed by atoms with E-state index in [1.807, 2.05) is 67.6 Å². The second kappa shape index (κ2) is 10.3. The number of carbonyl (C=O) groups is 2. The van der Waals surface area contributed by atoms with Crippen LogP contribution < -0.4 is 19.7 Å². The molecule has 36 heavy (non-hydrogen) atoms. The highest BCUT2D eigenvalue weighted by Gasteiger charge is 2.34. The molecule has 8 heteroatoms. The molecule has 0 spiro atoms. The topological polar surface area (TPSA) is 80.3 Å². The molecule has 2 aliphatic heterocycles. The summed E-state index contributed by atoms with van der Waals surface area (Å²) in [4.78, 5) is 29.6. The van der Waals surface area contributed by atoms with Crippen LogP contribution in [0.1, 0.15) is 27.7 Å². The Balaban J connectivity index is 1.44. The Labute approximate surface area is 210 Å². The summed E-state index contributed by atoms with van der Waals surface area (Å²) in [6.07, 6.45) is -0.466. The maximum atomic E-state index is 13.6. The van der Waals surface area contributed by atoms with Crippen molar-refractivity contribution in [3.8, 4) is 11.5 Å². The van der Waals surface area contributed by atoms with Gasteiger partial charge in [0, 0.05) is 24.5 Å². The van der Waals surface area contributed by atoms with Crippen molar-refractivity contribution in [2.24, 2.45) is 0 Å². The minimum Gasteiger partial charge on any atom is -0.493 e. The lowest BCUT2D eigenvalue weighted by atomic mass is 10.0. The number of nitrogens with one attached hydrogen (secondary N) is 1. The SMILES string of the molecule is COc1cc([C@H]2Nc3ccccc3C(=O)N2c2cccc(C)c2)ccc1OCC(=O)N1CCOCC1. The lowest BCUT2D eigenvalue weighted by Crippen LogP contribution is -2.43. The number of anilines is 2. The molecule has 1 fully saturated rings. The Morgan fingerprint density at radius 2 is 1.83 bits per heavy atom. The fraction of sp³-hybridized carbons (Fsp3) is 0.286. The molecule has 0 bridgehead atoms. The normalized spacial score (nSPS) is 17.3. The molecule has 2 amide bonds. The third-order valence-electron chi connectivity index (χ3n) is 6.42. The second-order valence-electron chi connectivity index (χ2n) is 8.80. The predicted molar refractivity (Wildman–Crippen MR) is 137 cm³/mol. The van der Waals surface area contributed by atoms with E-state index < -0.39 is 6.17 Å². The highest BCUT2D eigenvalue weighted by molar-refractivity contribution is 6.12. The van der Waals surface area contributed by atoms with Gasteiger partial charge in [-0.15, -0.1) is 0 Å². The average Bonchev–Trinajstić information content (AvgIpc) is 2.92. The van der Waals surface area contributed by atoms with Gasteiger partial charge in [-0.05, 0) is 54.4 Å². The largest absolute Gasteiger partial charge is 0.493 e. The number of amides is 2. The number of morpholine rings is 1. The standard InChI is InChI=1S/C28H29N3O5/c1-19-6-5-7-21(16-19)31-27(29-23-9-4-3-8-22(23)28(31)33)20-10-11-24(25(17-20)34-2)36-18-26(32)30-12-14-35-15-13-30/h3-11,16-17,27,29H,12-15,18H2,1-2H3/t27-/m0/s1. The Hall–Kier alpha value is -4.04. The predicted octanol–water partition coefficient (Wildman–Crippen LogP) is 4.01. The molecule has 0 saturated carbocycles. The number of ether oxygens (including phenoxy) is 3. The quantitative estimate of drug-likeness (QED) is 0.566. The van der Waals surface area contributed by atoms with Crippen LogP contribution in [-0.2, 0) is 9.53 Å². The zero-order valence-corrected chi connectivity index (χ0v) is 20.4. The van der Waals surface area contributed by atoms with Gasteiger partial charge in [-0.3, -0.25) is 14.5 Å². The summed E-state index contributed by atoms with van der Waals surface area (Å²) in [5.74, 6) is 0.772. The molecule has 5 rings (SSSR count). The van der Waals surface area contributed by atoms with Crippen molar-refractivity contribution in [1.29, 1.82) is 0 Å². The van der Waals surface area contributed by atoms with E-state index in [9.17, 15) is 9.59 Å². The molecule has 0 radical (unpaired) electrons. The van der Waals surface area contributed by atoms with Gasteiger partial charge in [0.2, 0.25) is 0 Å². The van der Waals surface area contributed by atoms with E-state index in [1.54, 1.807) is 23.0 Å². The van der Waals surface area contributed by atoms with Crippen LogP contribution in [0.5, 0.6) is 11.5 Å². The highest BCUT2D eigenvalue weighted by Crippen LogP contribution is 2.39. The van der Waals surface area contributed by atoms with Crippen molar-refractivity contribution in [1.82, 2.24) is 4.90 Å². The summed E-state index contributed by atoms with van der Waals surface area (Å²) in [5.41, 5.74) is 4.06. The van der Waals surface area contributed by atoms with E-state index >= 15 is 0 Å². The van der Waals surface area contributed by atoms with Gasteiger partial charge in [-0.25, -0.2) is 0 Å². The van der Waals surface area contributed by atoms with E-state index in [-0.39, 0.29) is 18.4 Å². The average molecular weight is 488 g/mol. The van der Waals surface area contributed by atoms with Crippen LogP contribution >= 0.6 is 0 Å². The van der Waals surface area contributed by atoms with E-state index in [0.717, 1.165) is 22.5 Å². The Bertz CT molecular complexity index is 1270. The van der Waals surface area contributed by atoms with Crippen LogP contribution in [0.15, 0.2) is 66.7 Å². The number of nitrogens with zero attached hydrogens (tertiary/aromatic N) is 2. The molecule has 1 N–H and O–H groups in total. The van der Waals surface area contributed by atoms with Gasteiger partial charge < -0.3 is 24.4 Å². The smallest absolute Gasteiger partial charge is 0.262 e. The van der Waals surface area contributed by atoms with Gasteiger partial charge in [0.25, 0.3) is 11.8 Å². The molecule has 1 atom stereocenters. The number of methoxy groups -OCH3 is 1. The summed E-state index contributed by atoms with van der Waals surface area (Å²) in [6, 6.07) is 20.9. The monoisotopic (exact) mass is 487 g/mol. The van der Waals surface area contributed by atoms with Crippen molar-refractivity contribution in [3.63, 3.8) is 0 Å². The van der Waals surface area contributed by atoms with Gasteiger partial charge in [0.15, 0.2) is 18.1 Å².